The standard InChI is InChI=1S/C17H14N2O3/c1-12(20)19-16-7-3-6-15(9-16)17(21)22-11-14-5-2-4-13(8-14)10-18/h2-9H,11H2,1H3,(H,19,20). The fourth-order valence-electron chi connectivity index (χ4n) is 1.89. The molecule has 0 aliphatic carbocycles. The van der Waals surface area contributed by atoms with Gasteiger partial charge in [-0.15, -0.1) is 0 Å². The number of esters is 1. The SMILES string of the molecule is CC(=O)Nc1cccc(C(=O)OCc2cccc(C#N)c2)c1. The predicted molar refractivity (Wildman–Crippen MR) is 81.0 cm³/mol. The van der Waals surface area contributed by atoms with Crippen molar-refractivity contribution in [1.29, 1.82) is 5.26 Å². The Bertz CT molecular complexity index is 748. The number of carbonyl (C=O) groups excluding carboxylic acids is 2. The molecule has 1 N–H and O–H groups in total. The lowest BCUT2D eigenvalue weighted by molar-refractivity contribution is -0.114. The van der Waals surface area contributed by atoms with Crippen molar-refractivity contribution in [2.45, 2.75) is 13.5 Å². The first-order valence-corrected chi connectivity index (χ1v) is 6.62. The maximum atomic E-state index is 12.0. The van der Waals surface area contributed by atoms with Crippen LogP contribution in [0.3, 0.4) is 0 Å². The summed E-state index contributed by atoms with van der Waals surface area (Å²) in [4.78, 5) is 23.0. The quantitative estimate of drug-likeness (QED) is 0.879. The summed E-state index contributed by atoms with van der Waals surface area (Å²) in [6.45, 7) is 1.48. The second kappa shape index (κ2) is 7.04. The Morgan fingerprint density at radius 2 is 1.95 bits per heavy atom. The molecule has 2 aromatic carbocycles. The zero-order valence-corrected chi connectivity index (χ0v) is 12.0. The van der Waals surface area contributed by atoms with E-state index >= 15 is 0 Å². The molecule has 0 heterocycles. The van der Waals surface area contributed by atoms with Gasteiger partial charge >= 0.3 is 5.97 Å². The minimum Gasteiger partial charge on any atom is -0.457 e. The fraction of sp³-hybridized carbons (Fsp3) is 0.118. The Morgan fingerprint density at radius 3 is 2.68 bits per heavy atom. The van der Waals surface area contributed by atoms with Gasteiger partial charge in [0.2, 0.25) is 5.91 Å². The molecule has 0 aromatic heterocycles. The highest BCUT2D eigenvalue weighted by atomic mass is 16.5. The monoisotopic (exact) mass is 294 g/mol. The van der Waals surface area contributed by atoms with Gasteiger partial charge in [-0.2, -0.15) is 5.26 Å². The Kier molecular flexibility index (Phi) is 4.89. The summed E-state index contributed by atoms with van der Waals surface area (Å²) in [6, 6.07) is 15.4. The van der Waals surface area contributed by atoms with Gasteiger partial charge in [0, 0.05) is 12.6 Å². The molecular formula is C17H14N2O3. The first-order valence-electron chi connectivity index (χ1n) is 6.62. The smallest absolute Gasteiger partial charge is 0.338 e. The van der Waals surface area contributed by atoms with Crippen molar-refractivity contribution in [3.8, 4) is 6.07 Å². The summed E-state index contributed by atoms with van der Waals surface area (Å²) in [6.07, 6.45) is 0. The number of rotatable bonds is 4. The zero-order valence-electron chi connectivity index (χ0n) is 12.0. The van der Waals surface area contributed by atoms with Crippen LogP contribution in [-0.2, 0) is 16.1 Å². The molecule has 22 heavy (non-hydrogen) atoms. The number of anilines is 1. The van der Waals surface area contributed by atoms with Crippen LogP contribution in [-0.4, -0.2) is 11.9 Å². The summed E-state index contributed by atoms with van der Waals surface area (Å²) >= 11 is 0. The fourth-order valence-corrected chi connectivity index (χ4v) is 1.89. The van der Waals surface area contributed by atoms with Gasteiger partial charge in [-0.3, -0.25) is 4.79 Å². The average molecular weight is 294 g/mol. The van der Waals surface area contributed by atoms with E-state index in [4.69, 9.17) is 10.00 Å². The third-order valence-corrected chi connectivity index (χ3v) is 2.84. The second-order valence-electron chi connectivity index (χ2n) is 4.65. The summed E-state index contributed by atoms with van der Waals surface area (Å²) in [5.74, 6) is -0.701. The van der Waals surface area contributed by atoms with E-state index in [0.29, 0.717) is 16.8 Å². The second-order valence-corrected chi connectivity index (χ2v) is 4.65. The van der Waals surface area contributed by atoms with E-state index in [-0.39, 0.29) is 12.5 Å². The van der Waals surface area contributed by atoms with E-state index in [1.165, 1.54) is 6.92 Å². The average Bonchev–Trinajstić information content (AvgIpc) is 2.52. The lowest BCUT2D eigenvalue weighted by atomic mass is 10.1. The van der Waals surface area contributed by atoms with Crippen LogP contribution in [0.15, 0.2) is 48.5 Å². The van der Waals surface area contributed by atoms with E-state index in [2.05, 4.69) is 5.32 Å². The molecule has 5 nitrogen and oxygen atoms in total. The van der Waals surface area contributed by atoms with E-state index in [9.17, 15) is 9.59 Å². The molecule has 0 atom stereocenters. The Labute approximate surface area is 128 Å². The highest BCUT2D eigenvalue weighted by Crippen LogP contribution is 2.13. The highest BCUT2D eigenvalue weighted by Gasteiger charge is 2.09. The lowest BCUT2D eigenvalue weighted by Gasteiger charge is -2.07. The summed E-state index contributed by atoms with van der Waals surface area (Å²) in [5.41, 5.74) is 2.14. The van der Waals surface area contributed by atoms with Gasteiger partial charge in [-0.25, -0.2) is 4.79 Å². The van der Waals surface area contributed by atoms with E-state index in [1.807, 2.05) is 6.07 Å². The van der Waals surface area contributed by atoms with Gasteiger partial charge in [0.05, 0.1) is 17.2 Å². The van der Waals surface area contributed by atoms with Crippen molar-refractivity contribution >= 4 is 17.6 Å². The van der Waals surface area contributed by atoms with Crippen molar-refractivity contribution in [3.63, 3.8) is 0 Å². The number of carbonyl (C=O) groups is 2. The van der Waals surface area contributed by atoms with Crippen LogP contribution in [0.1, 0.15) is 28.4 Å². The molecular weight excluding hydrogens is 280 g/mol. The maximum Gasteiger partial charge on any atom is 0.338 e. The number of hydrogen-bond acceptors (Lipinski definition) is 4. The van der Waals surface area contributed by atoms with Gasteiger partial charge in [-0.1, -0.05) is 18.2 Å². The molecule has 2 rings (SSSR count). The summed E-state index contributed by atoms with van der Waals surface area (Å²) in [7, 11) is 0. The highest BCUT2D eigenvalue weighted by molar-refractivity contribution is 5.93. The minimum absolute atomic E-state index is 0.0821. The lowest BCUT2D eigenvalue weighted by Crippen LogP contribution is -2.09. The van der Waals surface area contributed by atoms with E-state index < -0.39 is 5.97 Å². The first kappa shape index (κ1) is 15.3. The molecule has 0 saturated carbocycles. The van der Waals surface area contributed by atoms with Crippen molar-refractivity contribution in [3.05, 3.63) is 65.2 Å². The molecule has 0 aliphatic rings. The van der Waals surface area contributed by atoms with Crippen LogP contribution in [0.4, 0.5) is 5.69 Å². The zero-order chi connectivity index (χ0) is 15.9. The number of amides is 1. The molecule has 0 aliphatic heterocycles. The minimum atomic E-state index is -0.491. The molecule has 110 valence electrons. The van der Waals surface area contributed by atoms with Gasteiger partial charge in [0.15, 0.2) is 0 Å². The molecule has 0 spiro atoms. The normalized spacial score (nSPS) is 9.64. The van der Waals surface area contributed by atoms with Crippen molar-refractivity contribution < 1.29 is 14.3 Å². The van der Waals surface area contributed by atoms with Crippen molar-refractivity contribution in [2.24, 2.45) is 0 Å². The van der Waals surface area contributed by atoms with Crippen LogP contribution < -0.4 is 5.32 Å². The van der Waals surface area contributed by atoms with Crippen LogP contribution in [0.2, 0.25) is 0 Å². The molecule has 0 fully saturated rings. The number of nitriles is 1. The largest absolute Gasteiger partial charge is 0.457 e. The Hall–Kier alpha value is -3.13. The van der Waals surface area contributed by atoms with Crippen LogP contribution >= 0.6 is 0 Å². The van der Waals surface area contributed by atoms with E-state index in [0.717, 1.165) is 5.56 Å². The first-order chi connectivity index (χ1) is 10.6. The van der Waals surface area contributed by atoms with Crippen LogP contribution in [0.5, 0.6) is 0 Å². The number of ether oxygens (including phenoxy) is 1. The topological polar surface area (TPSA) is 79.2 Å². The molecule has 0 radical (unpaired) electrons. The number of nitrogens with zero attached hydrogens (tertiary/aromatic N) is 1. The van der Waals surface area contributed by atoms with Gasteiger partial charge in [0.25, 0.3) is 0 Å². The number of benzene rings is 2. The number of nitrogens with one attached hydrogen (secondary N) is 1. The van der Waals surface area contributed by atoms with E-state index in [1.54, 1.807) is 48.5 Å². The Morgan fingerprint density at radius 1 is 1.18 bits per heavy atom. The third-order valence-electron chi connectivity index (χ3n) is 2.84. The van der Waals surface area contributed by atoms with Gasteiger partial charge < -0.3 is 10.1 Å². The maximum absolute atomic E-state index is 12.0. The van der Waals surface area contributed by atoms with Crippen LogP contribution in [0.25, 0.3) is 0 Å². The van der Waals surface area contributed by atoms with Crippen molar-refractivity contribution in [2.75, 3.05) is 5.32 Å². The molecule has 1 amide bonds. The molecule has 0 unspecified atom stereocenters. The van der Waals surface area contributed by atoms with Crippen molar-refractivity contribution in [1.82, 2.24) is 0 Å². The summed E-state index contributed by atoms with van der Waals surface area (Å²) in [5, 5.41) is 11.4. The molecule has 2 aromatic rings. The van der Waals surface area contributed by atoms with Gasteiger partial charge in [-0.05, 0) is 35.9 Å². The molecule has 5 heteroatoms. The van der Waals surface area contributed by atoms with Gasteiger partial charge in [0.1, 0.15) is 6.61 Å². The molecule has 0 bridgehead atoms. The van der Waals surface area contributed by atoms with Crippen LogP contribution in [0, 0.1) is 11.3 Å². The summed E-state index contributed by atoms with van der Waals surface area (Å²) < 4.78 is 5.21. The molecule has 0 saturated heterocycles. The number of hydrogen-bond donors (Lipinski definition) is 1. The Balaban J connectivity index is 2.03. The predicted octanol–water partition coefficient (Wildman–Crippen LogP) is 2.87. The third kappa shape index (κ3) is 4.18.